The SMILES string of the molecule is CC1COS(O)(O)O1. The minimum atomic E-state index is -3.10. The van der Waals surface area contributed by atoms with Crippen LogP contribution in [-0.2, 0) is 8.37 Å². The molecule has 1 fully saturated rings. The minimum Gasteiger partial charge on any atom is -0.287 e. The summed E-state index contributed by atoms with van der Waals surface area (Å²) < 4.78 is 26.1. The fourth-order valence-electron chi connectivity index (χ4n) is 0.454. The molecule has 1 saturated heterocycles. The van der Waals surface area contributed by atoms with Crippen molar-refractivity contribution in [1.29, 1.82) is 0 Å². The summed E-state index contributed by atoms with van der Waals surface area (Å²) in [6.07, 6.45) is -0.194. The van der Waals surface area contributed by atoms with Crippen LogP contribution in [0.5, 0.6) is 0 Å². The normalized spacial score (nSPS) is 39.6. The Labute approximate surface area is 49.2 Å². The summed E-state index contributed by atoms with van der Waals surface area (Å²) in [6, 6.07) is 0. The van der Waals surface area contributed by atoms with Crippen LogP contribution in [0.15, 0.2) is 0 Å². The zero-order valence-corrected chi connectivity index (χ0v) is 5.22. The lowest BCUT2D eigenvalue weighted by Crippen LogP contribution is -2.01. The van der Waals surface area contributed by atoms with E-state index in [0.29, 0.717) is 0 Å². The van der Waals surface area contributed by atoms with Gasteiger partial charge in [-0.3, -0.25) is 17.5 Å². The predicted octanol–water partition coefficient (Wildman–Crippen LogP) is 1.00. The molecule has 8 heavy (non-hydrogen) atoms. The van der Waals surface area contributed by atoms with E-state index >= 15 is 0 Å². The minimum absolute atomic E-state index is 0.194. The van der Waals surface area contributed by atoms with Gasteiger partial charge in [-0.15, -0.1) is 0 Å². The highest BCUT2D eigenvalue weighted by Crippen LogP contribution is 2.47. The van der Waals surface area contributed by atoms with Crippen LogP contribution in [0, 0.1) is 0 Å². The highest BCUT2D eigenvalue weighted by molar-refractivity contribution is 8.16. The van der Waals surface area contributed by atoms with Gasteiger partial charge in [0.15, 0.2) is 0 Å². The lowest BCUT2D eigenvalue weighted by Gasteiger charge is -2.15. The fourth-order valence-corrected chi connectivity index (χ4v) is 1.36. The van der Waals surface area contributed by atoms with Crippen LogP contribution in [0.25, 0.3) is 0 Å². The van der Waals surface area contributed by atoms with Crippen LogP contribution in [0.2, 0.25) is 0 Å². The largest absolute Gasteiger partial charge is 0.287 e. The Morgan fingerprint density at radius 3 is 2.38 bits per heavy atom. The molecule has 1 aliphatic rings. The molecule has 0 aromatic carbocycles. The molecule has 0 aliphatic carbocycles. The molecule has 0 bridgehead atoms. The molecule has 2 N–H and O–H groups in total. The van der Waals surface area contributed by atoms with Crippen molar-refractivity contribution >= 4 is 11.2 Å². The van der Waals surface area contributed by atoms with Crippen LogP contribution in [-0.4, -0.2) is 21.8 Å². The van der Waals surface area contributed by atoms with E-state index in [-0.39, 0.29) is 12.7 Å². The van der Waals surface area contributed by atoms with Gasteiger partial charge in [-0.1, -0.05) is 0 Å². The lowest BCUT2D eigenvalue weighted by molar-refractivity contribution is 0.233. The Bertz CT molecular complexity index is 93.3. The van der Waals surface area contributed by atoms with E-state index in [0.717, 1.165) is 0 Å². The molecular weight excluding hydrogens is 132 g/mol. The van der Waals surface area contributed by atoms with Crippen LogP contribution in [0.3, 0.4) is 0 Å². The van der Waals surface area contributed by atoms with Crippen molar-refractivity contribution in [3.8, 4) is 0 Å². The molecule has 1 heterocycles. The molecule has 0 saturated carbocycles. The molecule has 50 valence electrons. The van der Waals surface area contributed by atoms with Crippen molar-refractivity contribution in [2.45, 2.75) is 13.0 Å². The van der Waals surface area contributed by atoms with Gasteiger partial charge in [0.25, 0.3) is 0 Å². The standard InChI is InChI=1S/C3H8O4S/c1-3-2-6-8(4,5)7-3/h3-5H,2H2,1H3. The van der Waals surface area contributed by atoms with Gasteiger partial charge >= 0.3 is 0 Å². The fraction of sp³-hybridized carbons (Fsp3) is 1.00. The van der Waals surface area contributed by atoms with Crippen molar-refractivity contribution in [3.63, 3.8) is 0 Å². The summed E-state index contributed by atoms with van der Waals surface area (Å²) in [4.78, 5) is 0. The first kappa shape index (κ1) is 6.31. The van der Waals surface area contributed by atoms with Gasteiger partial charge in [0.05, 0.1) is 12.7 Å². The maximum Gasteiger partial charge on any atom is 0.219 e. The van der Waals surface area contributed by atoms with Gasteiger partial charge in [-0.05, 0) is 6.92 Å². The Kier molecular flexibility index (Phi) is 1.46. The molecule has 1 unspecified atom stereocenters. The topological polar surface area (TPSA) is 58.9 Å². The molecule has 5 heteroatoms. The summed E-state index contributed by atoms with van der Waals surface area (Å²) >= 11 is -3.10. The van der Waals surface area contributed by atoms with Crippen LogP contribution < -0.4 is 0 Å². The molecule has 1 rings (SSSR count). The molecule has 4 nitrogen and oxygen atoms in total. The van der Waals surface area contributed by atoms with Crippen LogP contribution in [0.4, 0.5) is 0 Å². The molecule has 0 amide bonds. The first-order valence-electron chi connectivity index (χ1n) is 2.21. The Hall–Kier alpha value is 0.190. The Balaban J connectivity index is 2.44. The zero-order chi connectivity index (χ0) is 6.20. The van der Waals surface area contributed by atoms with E-state index < -0.39 is 11.2 Å². The van der Waals surface area contributed by atoms with Gasteiger partial charge in [-0.2, -0.15) is 0 Å². The Morgan fingerprint density at radius 2 is 2.25 bits per heavy atom. The third-order valence-corrected chi connectivity index (χ3v) is 1.77. The maximum absolute atomic E-state index is 8.56. The van der Waals surface area contributed by atoms with Gasteiger partial charge in [0.2, 0.25) is 11.2 Å². The second-order valence-electron chi connectivity index (χ2n) is 1.64. The Morgan fingerprint density at radius 1 is 1.62 bits per heavy atom. The van der Waals surface area contributed by atoms with Crippen molar-refractivity contribution < 1.29 is 17.5 Å². The summed E-state index contributed by atoms with van der Waals surface area (Å²) in [5, 5.41) is 0. The van der Waals surface area contributed by atoms with Gasteiger partial charge in [0.1, 0.15) is 0 Å². The second kappa shape index (κ2) is 1.85. The molecular formula is C3H8O4S. The van der Waals surface area contributed by atoms with E-state index in [2.05, 4.69) is 8.37 Å². The third-order valence-electron chi connectivity index (χ3n) is 0.746. The second-order valence-corrected chi connectivity index (χ2v) is 2.96. The van der Waals surface area contributed by atoms with Crippen molar-refractivity contribution in [3.05, 3.63) is 0 Å². The number of hydrogen-bond donors (Lipinski definition) is 2. The van der Waals surface area contributed by atoms with Crippen LogP contribution in [0.1, 0.15) is 6.92 Å². The first-order valence-corrected chi connectivity index (χ1v) is 3.61. The summed E-state index contributed by atoms with van der Waals surface area (Å²) in [5.74, 6) is 0. The predicted molar refractivity (Wildman–Crippen MR) is 29.3 cm³/mol. The van der Waals surface area contributed by atoms with Crippen molar-refractivity contribution in [2.24, 2.45) is 0 Å². The number of rotatable bonds is 0. The molecule has 0 spiro atoms. The van der Waals surface area contributed by atoms with Crippen LogP contribution >= 0.6 is 11.2 Å². The summed E-state index contributed by atoms with van der Waals surface area (Å²) in [6.45, 7) is 1.98. The number of hydrogen-bond acceptors (Lipinski definition) is 4. The van der Waals surface area contributed by atoms with E-state index in [1.807, 2.05) is 0 Å². The zero-order valence-electron chi connectivity index (χ0n) is 4.40. The summed E-state index contributed by atoms with van der Waals surface area (Å²) in [5.41, 5.74) is 0. The van der Waals surface area contributed by atoms with Crippen molar-refractivity contribution in [2.75, 3.05) is 6.61 Å². The average molecular weight is 140 g/mol. The third kappa shape index (κ3) is 1.33. The van der Waals surface area contributed by atoms with E-state index in [4.69, 9.17) is 9.11 Å². The smallest absolute Gasteiger partial charge is 0.219 e. The monoisotopic (exact) mass is 140 g/mol. The molecule has 0 aromatic heterocycles. The van der Waals surface area contributed by atoms with Crippen molar-refractivity contribution in [1.82, 2.24) is 0 Å². The first-order chi connectivity index (χ1) is 3.60. The van der Waals surface area contributed by atoms with E-state index in [9.17, 15) is 0 Å². The average Bonchev–Trinajstić information content (AvgIpc) is 1.82. The quantitative estimate of drug-likeness (QED) is 0.527. The highest BCUT2D eigenvalue weighted by Gasteiger charge is 2.30. The molecule has 0 radical (unpaired) electrons. The lowest BCUT2D eigenvalue weighted by atomic mass is 10.5. The highest BCUT2D eigenvalue weighted by atomic mass is 32.3. The van der Waals surface area contributed by atoms with Gasteiger partial charge in [0, 0.05) is 0 Å². The molecule has 1 atom stereocenters. The molecule has 1 aliphatic heterocycles. The maximum atomic E-state index is 8.56. The van der Waals surface area contributed by atoms with Gasteiger partial charge in [-0.25, -0.2) is 0 Å². The summed E-state index contributed by atoms with van der Waals surface area (Å²) in [7, 11) is 0. The van der Waals surface area contributed by atoms with E-state index in [1.165, 1.54) is 0 Å². The molecule has 0 aromatic rings. The van der Waals surface area contributed by atoms with Gasteiger partial charge < -0.3 is 0 Å². The van der Waals surface area contributed by atoms with E-state index in [1.54, 1.807) is 6.92 Å².